The number of rotatable bonds is 6. The van der Waals surface area contributed by atoms with Gasteiger partial charge < -0.3 is 14.2 Å². The molecular formula is C24H16Cl2INO4. The molecule has 8 heteroatoms. The van der Waals surface area contributed by atoms with Gasteiger partial charge in [-0.05, 0) is 82.3 Å². The molecule has 0 bridgehead atoms. The van der Waals surface area contributed by atoms with Gasteiger partial charge in [0.15, 0.2) is 17.2 Å². The van der Waals surface area contributed by atoms with Crippen LogP contribution in [-0.2, 0) is 16.1 Å². The molecule has 0 aromatic heterocycles. The minimum absolute atomic E-state index is 0.173. The summed E-state index contributed by atoms with van der Waals surface area (Å²) in [4.78, 5) is 16.7. The highest BCUT2D eigenvalue weighted by molar-refractivity contribution is 14.1. The molecule has 5 nitrogen and oxygen atoms in total. The normalized spacial score (nSPS) is 14.3. The van der Waals surface area contributed by atoms with Crippen LogP contribution in [0.1, 0.15) is 16.7 Å². The van der Waals surface area contributed by atoms with Crippen LogP contribution in [0.5, 0.6) is 11.5 Å². The first kappa shape index (κ1) is 22.6. The Bertz CT molecular complexity index is 1240. The van der Waals surface area contributed by atoms with Crippen molar-refractivity contribution in [1.82, 2.24) is 0 Å². The van der Waals surface area contributed by atoms with E-state index in [-0.39, 0.29) is 11.6 Å². The third-order valence-electron chi connectivity index (χ3n) is 4.58. The van der Waals surface area contributed by atoms with Crippen molar-refractivity contribution in [1.29, 1.82) is 0 Å². The second kappa shape index (κ2) is 9.94. The van der Waals surface area contributed by atoms with Crippen LogP contribution < -0.4 is 9.47 Å². The fourth-order valence-electron chi connectivity index (χ4n) is 2.98. The number of hydrogen-bond acceptors (Lipinski definition) is 5. The van der Waals surface area contributed by atoms with E-state index in [1.807, 2.05) is 42.5 Å². The van der Waals surface area contributed by atoms with Crippen LogP contribution in [0.2, 0.25) is 10.0 Å². The quantitative estimate of drug-likeness (QED) is 0.189. The maximum Gasteiger partial charge on any atom is 0.363 e. The smallest absolute Gasteiger partial charge is 0.363 e. The van der Waals surface area contributed by atoms with Gasteiger partial charge in [0, 0.05) is 8.59 Å². The van der Waals surface area contributed by atoms with E-state index in [0.717, 1.165) is 9.13 Å². The Balaban J connectivity index is 1.55. The van der Waals surface area contributed by atoms with Gasteiger partial charge in [-0.15, -0.1) is 0 Å². The topological polar surface area (TPSA) is 57.1 Å². The van der Waals surface area contributed by atoms with Crippen molar-refractivity contribution < 1.29 is 19.0 Å². The summed E-state index contributed by atoms with van der Waals surface area (Å²) in [6, 6.07) is 18.2. The van der Waals surface area contributed by atoms with Gasteiger partial charge in [0.1, 0.15) is 6.61 Å². The lowest BCUT2D eigenvalue weighted by Crippen LogP contribution is -2.06. The molecule has 0 N–H and O–H groups in total. The van der Waals surface area contributed by atoms with Crippen molar-refractivity contribution in [2.75, 3.05) is 7.11 Å². The molecule has 1 aliphatic heterocycles. The first-order valence-corrected chi connectivity index (χ1v) is 11.3. The Morgan fingerprint density at radius 2 is 1.81 bits per heavy atom. The SMILES string of the molecule is COc1cc(/C=C2\N=C(c3cc(I)ccc3Cl)OC2=O)ccc1OCc1ccc(Cl)cc1. The number of hydrogen-bond donors (Lipinski definition) is 0. The molecule has 3 aromatic carbocycles. The molecule has 1 aliphatic rings. The molecular weight excluding hydrogens is 564 g/mol. The summed E-state index contributed by atoms with van der Waals surface area (Å²) in [5.74, 6) is 0.745. The van der Waals surface area contributed by atoms with Crippen molar-refractivity contribution in [2.45, 2.75) is 6.61 Å². The Hall–Kier alpha value is -2.55. The summed E-state index contributed by atoms with van der Waals surface area (Å²) in [6.07, 6.45) is 1.63. The molecule has 0 fully saturated rings. The predicted molar refractivity (Wildman–Crippen MR) is 134 cm³/mol. The van der Waals surface area contributed by atoms with Gasteiger partial charge in [-0.2, -0.15) is 0 Å². The fourth-order valence-corrected chi connectivity index (χ4v) is 3.79. The lowest BCUT2D eigenvalue weighted by molar-refractivity contribution is -0.129. The van der Waals surface area contributed by atoms with Gasteiger partial charge in [-0.3, -0.25) is 0 Å². The standard InChI is InChI=1S/C24H16Cl2INO4/c1-30-22-11-15(4-9-21(22)31-13-14-2-5-16(25)6-3-14)10-20-24(29)32-23(28-20)18-12-17(27)7-8-19(18)26/h2-12H,13H2,1H3/b20-10-. The maximum atomic E-state index is 12.3. The Morgan fingerprint density at radius 3 is 2.56 bits per heavy atom. The van der Waals surface area contributed by atoms with Crippen molar-refractivity contribution in [3.8, 4) is 11.5 Å². The zero-order valence-electron chi connectivity index (χ0n) is 16.8. The monoisotopic (exact) mass is 579 g/mol. The molecule has 1 heterocycles. The number of ether oxygens (including phenoxy) is 3. The number of methoxy groups -OCH3 is 1. The molecule has 0 radical (unpaired) electrons. The molecule has 0 saturated carbocycles. The molecule has 0 amide bonds. The van der Waals surface area contributed by atoms with Gasteiger partial charge >= 0.3 is 5.97 Å². The number of aliphatic imine (C=N–C) groups is 1. The van der Waals surface area contributed by atoms with E-state index < -0.39 is 5.97 Å². The minimum Gasteiger partial charge on any atom is -0.493 e. The molecule has 3 aromatic rings. The van der Waals surface area contributed by atoms with E-state index in [0.29, 0.717) is 39.3 Å². The van der Waals surface area contributed by atoms with E-state index in [1.54, 1.807) is 31.4 Å². The minimum atomic E-state index is -0.544. The summed E-state index contributed by atoms with van der Waals surface area (Å²) in [5, 5.41) is 1.13. The average Bonchev–Trinajstić information content (AvgIpc) is 3.15. The van der Waals surface area contributed by atoms with Gasteiger partial charge in [-0.25, -0.2) is 9.79 Å². The van der Waals surface area contributed by atoms with Crippen LogP contribution in [0.15, 0.2) is 71.4 Å². The fraction of sp³-hybridized carbons (Fsp3) is 0.0833. The third-order valence-corrected chi connectivity index (χ3v) is 5.83. The maximum absolute atomic E-state index is 12.3. The first-order valence-electron chi connectivity index (χ1n) is 9.46. The lowest BCUT2D eigenvalue weighted by Gasteiger charge is -2.11. The number of benzene rings is 3. The van der Waals surface area contributed by atoms with Gasteiger partial charge in [0.05, 0.1) is 17.7 Å². The van der Waals surface area contributed by atoms with Crippen LogP contribution >= 0.6 is 45.8 Å². The van der Waals surface area contributed by atoms with Gasteiger partial charge in [0.25, 0.3) is 0 Å². The summed E-state index contributed by atoms with van der Waals surface area (Å²) >= 11 is 14.3. The number of carbonyl (C=O) groups excluding carboxylic acids is 1. The molecule has 0 atom stereocenters. The zero-order valence-corrected chi connectivity index (χ0v) is 20.4. The molecule has 32 heavy (non-hydrogen) atoms. The number of halogens is 3. The largest absolute Gasteiger partial charge is 0.493 e. The van der Waals surface area contributed by atoms with E-state index in [9.17, 15) is 4.79 Å². The number of carbonyl (C=O) groups is 1. The van der Waals surface area contributed by atoms with Crippen LogP contribution in [0.4, 0.5) is 0 Å². The van der Waals surface area contributed by atoms with Crippen molar-refractivity contribution in [3.63, 3.8) is 0 Å². The lowest BCUT2D eigenvalue weighted by atomic mass is 10.1. The molecule has 0 unspecified atom stereocenters. The van der Waals surface area contributed by atoms with Crippen molar-refractivity contribution in [2.24, 2.45) is 4.99 Å². The highest BCUT2D eigenvalue weighted by Gasteiger charge is 2.26. The van der Waals surface area contributed by atoms with Crippen LogP contribution in [0.3, 0.4) is 0 Å². The van der Waals surface area contributed by atoms with Crippen molar-refractivity contribution >= 4 is 63.7 Å². The molecule has 162 valence electrons. The number of cyclic esters (lactones) is 1. The second-order valence-corrected chi connectivity index (χ2v) is 8.87. The van der Waals surface area contributed by atoms with Crippen LogP contribution in [0.25, 0.3) is 6.08 Å². The molecule has 4 rings (SSSR count). The van der Waals surface area contributed by atoms with Crippen LogP contribution in [0, 0.1) is 3.57 Å². The number of nitrogens with zero attached hydrogens (tertiary/aromatic N) is 1. The molecule has 0 saturated heterocycles. The zero-order chi connectivity index (χ0) is 22.7. The van der Waals surface area contributed by atoms with Gasteiger partial charge in [-0.1, -0.05) is 41.4 Å². The second-order valence-electron chi connectivity index (χ2n) is 6.79. The molecule has 0 aliphatic carbocycles. The Labute approximate surface area is 208 Å². The van der Waals surface area contributed by atoms with E-state index in [1.165, 1.54) is 0 Å². The summed E-state index contributed by atoms with van der Waals surface area (Å²) in [6.45, 7) is 0.366. The van der Waals surface area contributed by atoms with E-state index >= 15 is 0 Å². The summed E-state index contributed by atoms with van der Waals surface area (Å²) in [7, 11) is 1.56. The van der Waals surface area contributed by atoms with Crippen molar-refractivity contribution in [3.05, 3.63) is 96.7 Å². The Morgan fingerprint density at radius 1 is 1.03 bits per heavy atom. The first-order chi connectivity index (χ1) is 15.4. The summed E-state index contributed by atoms with van der Waals surface area (Å²) < 4.78 is 17.6. The molecule has 0 spiro atoms. The Kier molecular flexibility index (Phi) is 7.03. The highest BCUT2D eigenvalue weighted by atomic mass is 127. The van der Waals surface area contributed by atoms with Gasteiger partial charge in [0.2, 0.25) is 5.90 Å². The average molecular weight is 580 g/mol. The van der Waals surface area contributed by atoms with E-state index in [4.69, 9.17) is 37.4 Å². The third kappa shape index (κ3) is 5.26. The predicted octanol–water partition coefficient (Wildman–Crippen LogP) is 6.53. The van der Waals surface area contributed by atoms with E-state index in [2.05, 4.69) is 27.6 Å². The highest BCUT2D eigenvalue weighted by Crippen LogP contribution is 2.31. The van der Waals surface area contributed by atoms with Crippen LogP contribution in [-0.4, -0.2) is 19.0 Å². The summed E-state index contributed by atoms with van der Waals surface area (Å²) in [5.41, 5.74) is 2.43. The number of esters is 1.